The van der Waals surface area contributed by atoms with Crippen molar-refractivity contribution < 1.29 is 0 Å². The van der Waals surface area contributed by atoms with Crippen molar-refractivity contribution >= 4 is 21.6 Å². The van der Waals surface area contributed by atoms with E-state index in [0.717, 1.165) is 11.2 Å². The van der Waals surface area contributed by atoms with Crippen molar-refractivity contribution in [2.24, 2.45) is 5.92 Å². The predicted octanol–water partition coefficient (Wildman–Crippen LogP) is 3.86. The lowest BCUT2D eigenvalue weighted by Crippen LogP contribution is -2.34. The van der Waals surface area contributed by atoms with E-state index in [-0.39, 0.29) is 0 Å². The molecule has 0 radical (unpaired) electrons. The Balaban J connectivity index is 2.12. The molecule has 0 saturated heterocycles. The van der Waals surface area contributed by atoms with Gasteiger partial charge in [-0.3, -0.25) is 0 Å². The average molecular weight is 282 g/mol. The Morgan fingerprint density at radius 2 is 2.19 bits per heavy atom. The summed E-state index contributed by atoms with van der Waals surface area (Å²) >= 11 is 3.62. The lowest BCUT2D eigenvalue weighted by atomic mass is 10.00. The Kier molecular flexibility index (Phi) is 4.28. The zero-order chi connectivity index (χ0) is 11.4. The van der Waals surface area contributed by atoms with E-state index in [1.165, 1.54) is 43.6 Å². The highest BCUT2D eigenvalue weighted by Crippen LogP contribution is 2.27. The van der Waals surface area contributed by atoms with Gasteiger partial charge < -0.3 is 4.90 Å². The van der Waals surface area contributed by atoms with Crippen molar-refractivity contribution in [3.8, 4) is 0 Å². The molecule has 0 aromatic heterocycles. The Morgan fingerprint density at radius 1 is 1.38 bits per heavy atom. The molecule has 0 bridgehead atoms. The van der Waals surface area contributed by atoms with Crippen LogP contribution in [0.3, 0.4) is 0 Å². The number of anilines is 1. The molecule has 2 heteroatoms. The van der Waals surface area contributed by atoms with Crippen molar-refractivity contribution in [3.05, 3.63) is 29.8 Å². The molecule has 0 fully saturated rings. The van der Waals surface area contributed by atoms with Gasteiger partial charge in [-0.25, -0.2) is 0 Å². The van der Waals surface area contributed by atoms with Gasteiger partial charge in [0.2, 0.25) is 0 Å². The second-order valence-corrected chi connectivity index (χ2v) is 5.25. The molecule has 1 aliphatic heterocycles. The van der Waals surface area contributed by atoms with E-state index in [2.05, 4.69) is 52.0 Å². The second-order valence-electron chi connectivity index (χ2n) is 4.61. The fourth-order valence-corrected chi connectivity index (χ4v) is 3.06. The molecule has 16 heavy (non-hydrogen) atoms. The molecule has 1 atom stereocenters. The number of para-hydroxylation sites is 1. The summed E-state index contributed by atoms with van der Waals surface area (Å²) in [5, 5.41) is 1.11. The number of alkyl halides is 1. The first-order valence-electron chi connectivity index (χ1n) is 6.24. The normalized spacial score (nSPS) is 17.0. The van der Waals surface area contributed by atoms with Crippen LogP contribution in [0, 0.1) is 5.92 Å². The summed E-state index contributed by atoms with van der Waals surface area (Å²) in [4.78, 5) is 2.56. The van der Waals surface area contributed by atoms with Crippen molar-refractivity contribution in [2.75, 3.05) is 23.3 Å². The monoisotopic (exact) mass is 281 g/mol. The minimum absolute atomic E-state index is 0.770. The maximum atomic E-state index is 3.62. The smallest absolute Gasteiger partial charge is 0.0398 e. The van der Waals surface area contributed by atoms with Crippen molar-refractivity contribution in [2.45, 2.75) is 26.2 Å². The van der Waals surface area contributed by atoms with Crippen LogP contribution in [0.2, 0.25) is 0 Å². The van der Waals surface area contributed by atoms with Crippen LogP contribution in [0.25, 0.3) is 0 Å². The lowest BCUT2D eigenvalue weighted by Gasteiger charge is -2.33. The van der Waals surface area contributed by atoms with Gasteiger partial charge in [-0.2, -0.15) is 0 Å². The van der Waals surface area contributed by atoms with Gasteiger partial charge in [0, 0.05) is 24.1 Å². The Morgan fingerprint density at radius 3 is 2.94 bits per heavy atom. The van der Waals surface area contributed by atoms with Crippen LogP contribution in [-0.4, -0.2) is 18.4 Å². The Labute approximate surface area is 107 Å². The van der Waals surface area contributed by atoms with E-state index >= 15 is 0 Å². The van der Waals surface area contributed by atoms with Crippen LogP contribution in [0.15, 0.2) is 24.3 Å². The third-order valence-electron chi connectivity index (χ3n) is 3.48. The van der Waals surface area contributed by atoms with Gasteiger partial charge >= 0.3 is 0 Å². The van der Waals surface area contributed by atoms with E-state index in [1.807, 2.05) is 0 Å². The zero-order valence-corrected chi connectivity index (χ0v) is 11.5. The first-order chi connectivity index (χ1) is 7.85. The summed E-state index contributed by atoms with van der Waals surface area (Å²) in [5.74, 6) is 0.770. The fraction of sp³-hybridized carbons (Fsp3) is 0.571. The first-order valence-corrected chi connectivity index (χ1v) is 7.36. The summed E-state index contributed by atoms with van der Waals surface area (Å²) in [6.07, 6.45) is 3.80. The number of aryl methyl sites for hydroxylation is 1. The van der Waals surface area contributed by atoms with Gasteiger partial charge in [0.15, 0.2) is 0 Å². The molecule has 1 aromatic rings. The number of benzene rings is 1. The van der Waals surface area contributed by atoms with Gasteiger partial charge in [0.1, 0.15) is 0 Å². The number of rotatable bonds is 4. The minimum atomic E-state index is 0.770. The van der Waals surface area contributed by atoms with Crippen LogP contribution >= 0.6 is 15.9 Å². The maximum absolute atomic E-state index is 3.62. The van der Waals surface area contributed by atoms with Gasteiger partial charge in [-0.1, -0.05) is 47.5 Å². The van der Waals surface area contributed by atoms with E-state index < -0.39 is 0 Å². The highest BCUT2D eigenvalue weighted by atomic mass is 79.9. The first kappa shape index (κ1) is 12.0. The number of halogens is 1. The zero-order valence-electron chi connectivity index (χ0n) is 9.95. The second kappa shape index (κ2) is 5.72. The van der Waals surface area contributed by atoms with E-state index in [0.29, 0.717) is 0 Å². The maximum Gasteiger partial charge on any atom is 0.0398 e. The van der Waals surface area contributed by atoms with Crippen LogP contribution < -0.4 is 4.90 Å². The van der Waals surface area contributed by atoms with Gasteiger partial charge in [-0.15, -0.1) is 0 Å². The summed E-state index contributed by atoms with van der Waals surface area (Å²) in [6, 6.07) is 8.86. The molecule has 1 aliphatic rings. The molecule has 0 saturated carbocycles. The van der Waals surface area contributed by atoms with Crippen LogP contribution in [0.1, 0.15) is 25.3 Å². The Hall–Kier alpha value is -0.500. The Bertz CT molecular complexity index is 333. The molecule has 0 amide bonds. The SMILES string of the molecule is CCC(CBr)CN1CCCc2ccccc21. The van der Waals surface area contributed by atoms with E-state index in [4.69, 9.17) is 0 Å². The molecule has 1 unspecified atom stereocenters. The van der Waals surface area contributed by atoms with E-state index in [9.17, 15) is 0 Å². The molecule has 1 aromatic carbocycles. The number of hydrogen-bond donors (Lipinski definition) is 0. The molecule has 0 aliphatic carbocycles. The highest BCUT2D eigenvalue weighted by Gasteiger charge is 2.18. The number of nitrogens with zero attached hydrogens (tertiary/aromatic N) is 1. The molecular weight excluding hydrogens is 262 g/mol. The quantitative estimate of drug-likeness (QED) is 0.758. The predicted molar refractivity (Wildman–Crippen MR) is 74.6 cm³/mol. The average Bonchev–Trinajstić information content (AvgIpc) is 2.36. The van der Waals surface area contributed by atoms with Crippen molar-refractivity contribution in [3.63, 3.8) is 0 Å². The van der Waals surface area contributed by atoms with Crippen LogP contribution in [0.4, 0.5) is 5.69 Å². The number of hydrogen-bond acceptors (Lipinski definition) is 1. The molecule has 1 nitrogen and oxygen atoms in total. The third-order valence-corrected chi connectivity index (χ3v) is 4.40. The molecule has 88 valence electrons. The van der Waals surface area contributed by atoms with Gasteiger partial charge in [0.25, 0.3) is 0 Å². The summed E-state index contributed by atoms with van der Waals surface area (Å²) in [6.45, 7) is 4.70. The van der Waals surface area contributed by atoms with Gasteiger partial charge in [-0.05, 0) is 30.4 Å². The van der Waals surface area contributed by atoms with Gasteiger partial charge in [0.05, 0.1) is 0 Å². The third kappa shape index (κ3) is 2.60. The van der Waals surface area contributed by atoms with E-state index in [1.54, 1.807) is 0 Å². The molecule has 0 N–H and O–H groups in total. The van der Waals surface area contributed by atoms with Crippen LogP contribution in [-0.2, 0) is 6.42 Å². The minimum Gasteiger partial charge on any atom is -0.371 e. The molecule has 2 rings (SSSR count). The number of fused-ring (bicyclic) bond motifs is 1. The van der Waals surface area contributed by atoms with Crippen LogP contribution in [0.5, 0.6) is 0 Å². The fourth-order valence-electron chi connectivity index (χ4n) is 2.40. The largest absolute Gasteiger partial charge is 0.371 e. The summed E-state index contributed by atoms with van der Waals surface area (Å²) < 4.78 is 0. The molecular formula is C14H20BrN. The molecule has 1 heterocycles. The molecule has 0 spiro atoms. The lowest BCUT2D eigenvalue weighted by molar-refractivity contribution is 0.540. The standard InChI is InChI=1S/C14H20BrN/c1-2-12(10-15)11-16-9-5-7-13-6-3-4-8-14(13)16/h3-4,6,8,12H,2,5,7,9-11H2,1H3. The topological polar surface area (TPSA) is 3.24 Å². The van der Waals surface area contributed by atoms with Crippen molar-refractivity contribution in [1.29, 1.82) is 0 Å². The summed E-state index contributed by atoms with van der Waals surface area (Å²) in [7, 11) is 0. The summed E-state index contributed by atoms with van der Waals surface area (Å²) in [5.41, 5.74) is 2.99. The van der Waals surface area contributed by atoms with Crippen molar-refractivity contribution in [1.82, 2.24) is 0 Å². The highest BCUT2D eigenvalue weighted by molar-refractivity contribution is 9.09.